The number of ketones is 1. The Morgan fingerprint density at radius 3 is 2.50 bits per heavy atom. The van der Waals surface area contributed by atoms with Gasteiger partial charge >= 0.3 is 0 Å². The van der Waals surface area contributed by atoms with Crippen LogP contribution in [0, 0.1) is 0 Å². The Balaban J connectivity index is 2.16. The summed E-state index contributed by atoms with van der Waals surface area (Å²) >= 11 is 3.48. The monoisotopic (exact) mass is 339 g/mol. The summed E-state index contributed by atoms with van der Waals surface area (Å²) < 4.78 is 6.12. The number of carbonyl (C=O) groups is 1. The van der Waals surface area contributed by atoms with Crippen LogP contribution in [0.25, 0.3) is 0 Å². The highest BCUT2D eigenvalue weighted by Gasteiger charge is 2.42. The molecule has 20 heavy (non-hydrogen) atoms. The zero-order valence-electron chi connectivity index (χ0n) is 12.4. The van der Waals surface area contributed by atoms with Crippen LogP contribution in [-0.2, 0) is 11.2 Å². The van der Waals surface area contributed by atoms with Gasteiger partial charge in [0.05, 0.1) is 17.1 Å². The Morgan fingerprint density at radius 1 is 1.35 bits per heavy atom. The molecule has 0 unspecified atom stereocenters. The van der Waals surface area contributed by atoms with Gasteiger partial charge in [-0.05, 0) is 60.6 Å². The van der Waals surface area contributed by atoms with E-state index in [0.29, 0.717) is 12.2 Å². The molecule has 1 aromatic rings. The average molecular weight is 340 g/mol. The Kier molecular flexibility index (Phi) is 4.86. The number of methoxy groups -OCH3 is 1. The Morgan fingerprint density at radius 2 is 2.00 bits per heavy atom. The van der Waals surface area contributed by atoms with Gasteiger partial charge in [-0.2, -0.15) is 0 Å². The van der Waals surface area contributed by atoms with Crippen LogP contribution in [0.5, 0.6) is 5.75 Å². The van der Waals surface area contributed by atoms with E-state index in [4.69, 9.17) is 4.74 Å². The second kappa shape index (κ2) is 6.27. The summed E-state index contributed by atoms with van der Waals surface area (Å²) in [6, 6.07) is 5.86. The number of nitrogens with zero attached hydrogens (tertiary/aromatic N) is 1. The van der Waals surface area contributed by atoms with E-state index in [0.717, 1.165) is 41.5 Å². The first-order valence-corrected chi connectivity index (χ1v) is 7.82. The maximum atomic E-state index is 12.8. The number of hydrogen-bond donors (Lipinski definition) is 0. The zero-order chi connectivity index (χ0) is 14.8. The smallest absolute Gasteiger partial charge is 0.157 e. The quantitative estimate of drug-likeness (QED) is 0.822. The van der Waals surface area contributed by atoms with E-state index < -0.39 is 0 Å². The standard InChI is InChI=1S/C16H22BrNO2/c1-18(2)16(8-4-5-9-16)15(19)11-12-6-7-14(20-3)13(17)10-12/h6-7,10H,4-5,8-9,11H2,1-3H3. The second-order valence-electron chi connectivity index (χ2n) is 5.70. The van der Waals surface area contributed by atoms with Crippen molar-refractivity contribution >= 4 is 21.7 Å². The molecule has 1 saturated carbocycles. The zero-order valence-corrected chi connectivity index (χ0v) is 14.0. The minimum atomic E-state index is -0.258. The fourth-order valence-electron chi connectivity index (χ4n) is 3.11. The molecular weight excluding hydrogens is 318 g/mol. The van der Waals surface area contributed by atoms with Crippen molar-refractivity contribution in [1.82, 2.24) is 4.90 Å². The largest absolute Gasteiger partial charge is 0.496 e. The van der Waals surface area contributed by atoms with Gasteiger partial charge in [-0.25, -0.2) is 0 Å². The van der Waals surface area contributed by atoms with Crippen LogP contribution in [0.1, 0.15) is 31.2 Å². The van der Waals surface area contributed by atoms with Gasteiger partial charge in [0.15, 0.2) is 5.78 Å². The molecule has 2 rings (SSSR count). The first-order chi connectivity index (χ1) is 9.49. The van der Waals surface area contributed by atoms with Crippen LogP contribution in [0.15, 0.2) is 22.7 Å². The lowest BCUT2D eigenvalue weighted by atomic mass is 9.87. The van der Waals surface area contributed by atoms with Gasteiger partial charge in [0.2, 0.25) is 0 Å². The lowest BCUT2D eigenvalue weighted by molar-refractivity contribution is -0.128. The summed E-state index contributed by atoms with van der Waals surface area (Å²) in [5.41, 5.74) is 0.780. The molecular formula is C16H22BrNO2. The molecule has 0 spiro atoms. The first kappa shape index (κ1) is 15.5. The second-order valence-corrected chi connectivity index (χ2v) is 6.56. The highest BCUT2D eigenvalue weighted by molar-refractivity contribution is 9.10. The average Bonchev–Trinajstić information content (AvgIpc) is 2.89. The number of halogens is 1. The Labute approximate surface area is 129 Å². The lowest BCUT2D eigenvalue weighted by Crippen LogP contribution is -2.49. The van der Waals surface area contributed by atoms with Gasteiger partial charge in [-0.1, -0.05) is 18.9 Å². The highest BCUT2D eigenvalue weighted by Crippen LogP contribution is 2.36. The molecule has 0 heterocycles. The van der Waals surface area contributed by atoms with E-state index in [2.05, 4.69) is 20.8 Å². The Bertz CT molecular complexity index is 493. The van der Waals surface area contributed by atoms with Crippen molar-refractivity contribution in [3.05, 3.63) is 28.2 Å². The maximum Gasteiger partial charge on any atom is 0.157 e. The van der Waals surface area contributed by atoms with E-state index in [-0.39, 0.29) is 5.54 Å². The number of carbonyl (C=O) groups excluding carboxylic acids is 1. The van der Waals surface area contributed by atoms with Crippen molar-refractivity contribution in [2.45, 2.75) is 37.6 Å². The fourth-order valence-corrected chi connectivity index (χ4v) is 3.69. The number of likely N-dealkylation sites (N-methyl/N-ethyl adjacent to an activating group) is 1. The Hall–Kier alpha value is -0.870. The highest BCUT2D eigenvalue weighted by atomic mass is 79.9. The normalized spacial score (nSPS) is 17.4. The van der Waals surface area contributed by atoms with Gasteiger partial charge < -0.3 is 4.74 Å². The van der Waals surface area contributed by atoms with Crippen molar-refractivity contribution in [2.75, 3.05) is 21.2 Å². The van der Waals surface area contributed by atoms with E-state index in [1.807, 2.05) is 32.3 Å². The van der Waals surface area contributed by atoms with Crippen molar-refractivity contribution in [3.8, 4) is 5.75 Å². The van der Waals surface area contributed by atoms with Crippen molar-refractivity contribution < 1.29 is 9.53 Å². The van der Waals surface area contributed by atoms with Crippen molar-refractivity contribution in [3.63, 3.8) is 0 Å². The van der Waals surface area contributed by atoms with Crippen LogP contribution < -0.4 is 4.74 Å². The molecule has 0 bridgehead atoms. The molecule has 0 aliphatic heterocycles. The van der Waals surface area contributed by atoms with Gasteiger partial charge in [-0.15, -0.1) is 0 Å². The van der Waals surface area contributed by atoms with Gasteiger partial charge in [0, 0.05) is 6.42 Å². The molecule has 0 aromatic heterocycles. The number of benzene rings is 1. The summed E-state index contributed by atoms with van der Waals surface area (Å²) in [7, 11) is 5.69. The summed E-state index contributed by atoms with van der Waals surface area (Å²) in [4.78, 5) is 14.9. The molecule has 0 amide bonds. The molecule has 1 fully saturated rings. The summed E-state index contributed by atoms with van der Waals surface area (Å²) in [6.45, 7) is 0. The van der Waals surface area contributed by atoms with Crippen LogP contribution in [-0.4, -0.2) is 37.4 Å². The van der Waals surface area contributed by atoms with E-state index in [9.17, 15) is 4.79 Å². The molecule has 1 aromatic carbocycles. The SMILES string of the molecule is COc1ccc(CC(=O)C2(N(C)C)CCCC2)cc1Br. The van der Waals surface area contributed by atoms with Crippen molar-refractivity contribution in [2.24, 2.45) is 0 Å². The lowest BCUT2D eigenvalue weighted by Gasteiger charge is -2.34. The van der Waals surface area contributed by atoms with E-state index in [1.54, 1.807) is 7.11 Å². The molecule has 0 atom stereocenters. The van der Waals surface area contributed by atoms with E-state index >= 15 is 0 Å². The predicted molar refractivity (Wildman–Crippen MR) is 84.3 cm³/mol. The fraction of sp³-hybridized carbons (Fsp3) is 0.562. The topological polar surface area (TPSA) is 29.5 Å². The predicted octanol–water partition coefficient (Wildman–Crippen LogP) is 3.44. The molecule has 0 N–H and O–H groups in total. The minimum Gasteiger partial charge on any atom is -0.496 e. The van der Waals surface area contributed by atoms with Gasteiger partial charge in [0.1, 0.15) is 5.75 Å². The molecule has 110 valence electrons. The van der Waals surface area contributed by atoms with Gasteiger partial charge in [0.25, 0.3) is 0 Å². The number of rotatable bonds is 5. The summed E-state index contributed by atoms with van der Waals surface area (Å²) in [6.07, 6.45) is 4.75. The molecule has 0 radical (unpaired) electrons. The maximum absolute atomic E-state index is 12.8. The summed E-state index contributed by atoms with van der Waals surface area (Å²) in [5.74, 6) is 1.13. The third kappa shape index (κ3) is 2.91. The molecule has 3 nitrogen and oxygen atoms in total. The third-order valence-corrected chi connectivity index (χ3v) is 5.01. The number of Topliss-reactive ketones (excluding diaryl/α,β-unsaturated/α-hetero) is 1. The molecule has 4 heteroatoms. The van der Waals surface area contributed by atoms with Crippen molar-refractivity contribution in [1.29, 1.82) is 0 Å². The molecule has 0 saturated heterocycles. The van der Waals surface area contributed by atoms with E-state index in [1.165, 1.54) is 0 Å². The summed E-state index contributed by atoms with van der Waals surface area (Å²) in [5, 5.41) is 0. The van der Waals surface area contributed by atoms with Crippen LogP contribution >= 0.6 is 15.9 Å². The van der Waals surface area contributed by atoms with Gasteiger partial charge in [-0.3, -0.25) is 9.69 Å². The molecule has 1 aliphatic carbocycles. The first-order valence-electron chi connectivity index (χ1n) is 7.03. The minimum absolute atomic E-state index is 0.258. The number of hydrogen-bond acceptors (Lipinski definition) is 3. The van der Waals surface area contributed by atoms with Crippen LogP contribution in [0.2, 0.25) is 0 Å². The number of ether oxygens (including phenoxy) is 1. The third-order valence-electron chi connectivity index (χ3n) is 4.39. The molecule has 1 aliphatic rings. The van der Waals surface area contributed by atoms with Crippen LogP contribution in [0.4, 0.5) is 0 Å². The van der Waals surface area contributed by atoms with Crippen LogP contribution in [0.3, 0.4) is 0 Å².